The maximum atomic E-state index is 11.0. The summed E-state index contributed by atoms with van der Waals surface area (Å²) < 4.78 is 29.1. The van der Waals surface area contributed by atoms with Crippen LogP contribution in [0.1, 0.15) is 12.0 Å². The molecule has 98 valence electrons. The van der Waals surface area contributed by atoms with Crippen molar-refractivity contribution >= 4 is 15.9 Å². The highest BCUT2D eigenvalue weighted by molar-refractivity contribution is 7.90. The van der Waals surface area contributed by atoms with Crippen LogP contribution in [0.15, 0.2) is 18.2 Å². The lowest BCUT2D eigenvalue weighted by Gasteiger charge is -2.09. The molecule has 0 radical (unpaired) electrons. The number of ether oxygens (including phenoxy) is 1. The predicted molar refractivity (Wildman–Crippen MR) is 68.3 cm³/mol. The van der Waals surface area contributed by atoms with Crippen LogP contribution < -0.4 is 14.6 Å². The zero-order valence-electron chi connectivity index (χ0n) is 9.80. The smallest absolute Gasteiger partial charge is 0.296 e. The number of hydrogen-bond acceptors (Lipinski definition) is 4. The average Bonchev–Trinajstić information content (AvgIpc) is 2.27. The maximum absolute atomic E-state index is 11.0. The van der Waals surface area contributed by atoms with Gasteiger partial charge in [-0.3, -0.25) is 4.72 Å². The minimum Gasteiger partial charge on any atom is -0.495 e. The number of benzene rings is 1. The molecule has 0 aliphatic carbocycles. The summed E-state index contributed by atoms with van der Waals surface area (Å²) in [5.41, 5.74) is 0.811. The zero-order valence-corrected chi connectivity index (χ0v) is 10.6. The molecule has 1 aromatic carbocycles. The minimum absolute atomic E-state index is 0.0224. The van der Waals surface area contributed by atoms with Gasteiger partial charge in [0.25, 0.3) is 10.2 Å². The summed E-state index contributed by atoms with van der Waals surface area (Å²) in [6, 6.07) is 4.77. The summed E-state index contributed by atoms with van der Waals surface area (Å²) >= 11 is 0. The number of methoxy groups -OCH3 is 1. The molecule has 1 rings (SSSR count). The van der Waals surface area contributed by atoms with E-state index >= 15 is 0 Å². The van der Waals surface area contributed by atoms with Gasteiger partial charge in [-0.1, -0.05) is 11.8 Å². The first-order chi connectivity index (χ1) is 8.46. The van der Waals surface area contributed by atoms with E-state index in [0.29, 0.717) is 17.7 Å². The molecule has 0 amide bonds. The van der Waals surface area contributed by atoms with Crippen molar-refractivity contribution in [1.29, 1.82) is 0 Å². The van der Waals surface area contributed by atoms with Gasteiger partial charge in [0.1, 0.15) is 5.75 Å². The number of nitrogens with two attached hydrogens (primary N) is 1. The average molecular weight is 270 g/mol. The van der Waals surface area contributed by atoms with Gasteiger partial charge in [0, 0.05) is 12.0 Å². The maximum Gasteiger partial charge on any atom is 0.296 e. The van der Waals surface area contributed by atoms with Gasteiger partial charge in [-0.25, -0.2) is 5.14 Å². The first kappa shape index (κ1) is 14.3. The van der Waals surface area contributed by atoms with E-state index in [9.17, 15) is 8.42 Å². The quantitative estimate of drug-likeness (QED) is 0.672. The van der Waals surface area contributed by atoms with Crippen LogP contribution in [0.3, 0.4) is 0 Å². The standard InChI is InChI=1S/C11H14N2O4S/c1-17-11-6-5-9(4-2-3-7-14)8-10(11)13-18(12,15)16/h5-6,8,13-14H,3,7H2,1H3,(H2,12,15,16). The Balaban J connectivity index is 3.07. The van der Waals surface area contributed by atoms with Gasteiger partial charge < -0.3 is 9.84 Å². The number of aliphatic hydroxyl groups excluding tert-OH is 1. The van der Waals surface area contributed by atoms with Crippen LogP contribution in [0, 0.1) is 11.8 Å². The molecule has 0 saturated carbocycles. The SMILES string of the molecule is COc1ccc(C#CCCO)cc1NS(N)(=O)=O. The molecule has 0 atom stereocenters. The van der Waals surface area contributed by atoms with Gasteiger partial charge in [0.2, 0.25) is 0 Å². The highest BCUT2D eigenvalue weighted by Crippen LogP contribution is 2.25. The summed E-state index contributed by atoms with van der Waals surface area (Å²) in [6.45, 7) is -0.0224. The van der Waals surface area contributed by atoms with Gasteiger partial charge >= 0.3 is 0 Å². The van der Waals surface area contributed by atoms with Crippen molar-refractivity contribution in [2.45, 2.75) is 6.42 Å². The van der Waals surface area contributed by atoms with Gasteiger partial charge in [-0.15, -0.1) is 0 Å². The van der Waals surface area contributed by atoms with Crippen molar-refractivity contribution in [3.05, 3.63) is 23.8 Å². The second-order valence-corrected chi connectivity index (χ2v) is 4.63. The number of anilines is 1. The lowest BCUT2D eigenvalue weighted by molar-refractivity contribution is 0.305. The molecular weight excluding hydrogens is 256 g/mol. The molecular formula is C11H14N2O4S. The highest BCUT2D eigenvalue weighted by Gasteiger charge is 2.08. The lowest BCUT2D eigenvalue weighted by Crippen LogP contribution is -2.22. The Morgan fingerprint density at radius 3 is 2.78 bits per heavy atom. The molecule has 0 heterocycles. The Bertz CT molecular complexity index is 572. The zero-order chi connectivity index (χ0) is 13.6. The van der Waals surface area contributed by atoms with Gasteiger partial charge in [0.15, 0.2) is 0 Å². The second kappa shape index (κ2) is 6.26. The number of rotatable bonds is 4. The first-order valence-electron chi connectivity index (χ1n) is 5.04. The molecule has 18 heavy (non-hydrogen) atoms. The number of hydrogen-bond donors (Lipinski definition) is 3. The Labute approximate surface area is 106 Å². The van der Waals surface area contributed by atoms with Crippen LogP contribution >= 0.6 is 0 Å². The Morgan fingerprint density at radius 2 is 2.22 bits per heavy atom. The predicted octanol–water partition coefficient (Wildman–Crippen LogP) is 0.0445. The molecule has 0 bridgehead atoms. The molecule has 0 aromatic heterocycles. The third-order valence-electron chi connectivity index (χ3n) is 1.92. The van der Waals surface area contributed by atoms with Gasteiger partial charge in [-0.2, -0.15) is 8.42 Å². The van der Waals surface area contributed by atoms with Crippen molar-refractivity contribution in [3.63, 3.8) is 0 Å². The summed E-state index contributed by atoms with van der Waals surface area (Å²) in [5, 5.41) is 13.5. The van der Waals surface area contributed by atoms with E-state index in [0.717, 1.165) is 0 Å². The molecule has 0 spiro atoms. The van der Waals surface area contributed by atoms with Crippen molar-refractivity contribution < 1.29 is 18.3 Å². The summed E-state index contributed by atoms with van der Waals surface area (Å²) in [5.74, 6) is 5.86. The van der Waals surface area contributed by atoms with Crippen molar-refractivity contribution in [3.8, 4) is 17.6 Å². The Hall–Kier alpha value is -1.75. The molecule has 6 nitrogen and oxygen atoms in total. The fourth-order valence-corrected chi connectivity index (χ4v) is 1.71. The first-order valence-corrected chi connectivity index (χ1v) is 6.59. The molecule has 0 aliphatic rings. The second-order valence-electron chi connectivity index (χ2n) is 3.34. The van der Waals surface area contributed by atoms with E-state index in [1.165, 1.54) is 13.2 Å². The van der Waals surface area contributed by atoms with E-state index in [2.05, 4.69) is 16.6 Å². The Morgan fingerprint density at radius 1 is 1.50 bits per heavy atom. The van der Waals surface area contributed by atoms with E-state index in [1.807, 2.05) is 0 Å². The van der Waals surface area contributed by atoms with Crippen molar-refractivity contribution in [2.24, 2.45) is 5.14 Å². The number of aliphatic hydroxyl groups is 1. The summed E-state index contributed by atoms with van der Waals surface area (Å²) in [4.78, 5) is 0. The number of nitrogens with one attached hydrogen (secondary N) is 1. The summed E-state index contributed by atoms with van der Waals surface area (Å²) in [6.07, 6.45) is 0.351. The molecule has 1 aromatic rings. The topological polar surface area (TPSA) is 102 Å². The largest absolute Gasteiger partial charge is 0.495 e. The molecule has 0 saturated heterocycles. The van der Waals surface area contributed by atoms with Gasteiger partial charge in [0.05, 0.1) is 19.4 Å². The van der Waals surface area contributed by atoms with E-state index in [-0.39, 0.29) is 12.3 Å². The molecule has 0 fully saturated rings. The fourth-order valence-electron chi connectivity index (χ4n) is 1.24. The lowest BCUT2D eigenvalue weighted by atomic mass is 10.2. The van der Waals surface area contributed by atoms with Crippen LogP contribution in [-0.4, -0.2) is 27.2 Å². The highest BCUT2D eigenvalue weighted by atomic mass is 32.2. The normalized spacial score (nSPS) is 10.4. The molecule has 4 N–H and O–H groups in total. The van der Waals surface area contributed by atoms with Crippen LogP contribution in [0.2, 0.25) is 0 Å². The van der Waals surface area contributed by atoms with Gasteiger partial charge in [-0.05, 0) is 18.2 Å². The van der Waals surface area contributed by atoms with Crippen LogP contribution in [0.5, 0.6) is 5.75 Å². The molecule has 7 heteroatoms. The third-order valence-corrected chi connectivity index (χ3v) is 2.43. The fraction of sp³-hybridized carbons (Fsp3) is 0.273. The van der Waals surface area contributed by atoms with E-state index in [4.69, 9.17) is 15.0 Å². The molecule has 0 unspecified atom stereocenters. The van der Waals surface area contributed by atoms with Crippen LogP contribution in [0.4, 0.5) is 5.69 Å². The van der Waals surface area contributed by atoms with Crippen molar-refractivity contribution in [1.82, 2.24) is 0 Å². The van der Waals surface area contributed by atoms with E-state index < -0.39 is 10.2 Å². The minimum atomic E-state index is -3.87. The summed E-state index contributed by atoms with van der Waals surface area (Å²) in [7, 11) is -2.45. The molecule has 0 aliphatic heterocycles. The monoisotopic (exact) mass is 270 g/mol. The van der Waals surface area contributed by atoms with Crippen LogP contribution in [0.25, 0.3) is 0 Å². The Kier molecular flexibility index (Phi) is 4.97. The van der Waals surface area contributed by atoms with Crippen molar-refractivity contribution in [2.75, 3.05) is 18.4 Å². The van der Waals surface area contributed by atoms with Crippen LogP contribution in [-0.2, 0) is 10.2 Å². The third kappa shape index (κ3) is 4.63. The van der Waals surface area contributed by atoms with E-state index in [1.54, 1.807) is 12.1 Å².